The predicted molar refractivity (Wildman–Crippen MR) is 74.3 cm³/mol. The van der Waals surface area contributed by atoms with Crippen molar-refractivity contribution in [2.24, 2.45) is 5.84 Å². The summed E-state index contributed by atoms with van der Waals surface area (Å²) >= 11 is 1.36. The Bertz CT molecular complexity index is 501. The van der Waals surface area contributed by atoms with E-state index in [-0.39, 0.29) is 0 Å². The number of ether oxygens (including phenoxy) is 2. The first kappa shape index (κ1) is 13.6. The van der Waals surface area contributed by atoms with Crippen molar-refractivity contribution >= 4 is 16.5 Å². The highest BCUT2D eigenvalue weighted by atomic mass is 32.1. The molecule has 0 saturated heterocycles. The zero-order valence-corrected chi connectivity index (χ0v) is 11.4. The zero-order chi connectivity index (χ0) is 13.5. The van der Waals surface area contributed by atoms with Gasteiger partial charge in [-0.05, 0) is 30.7 Å². The van der Waals surface area contributed by atoms with Crippen LogP contribution in [0.4, 0.5) is 5.13 Å². The molecule has 0 amide bonds. The molecule has 1 aromatic heterocycles. The molecule has 19 heavy (non-hydrogen) atoms. The van der Waals surface area contributed by atoms with Gasteiger partial charge in [-0.25, -0.2) is 5.84 Å². The van der Waals surface area contributed by atoms with Crippen molar-refractivity contribution in [1.29, 1.82) is 0 Å². The second-order valence-electron chi connectivity index (χ2n) is 3.75. The topological polar surface area (TPSA) is 82.3 Å². The molecule has 0 atom stereocenters. The van der Waals surface area contributed by atoms with E-state index in [1.807, 2.05) is 24.3 Å². The highest BCUT2D eigenvalue weighted by Gasteiger charge is 2.03. The van der Waals surface area contributed by atoms with Crippen LogP contribution in [0.3, 0.4) is 0 Å². The molecular weight excluding hydrogens is 264 g/mol. The lowest BCUT2D eigenvalue weighted by molar-refractivity contribution is 0.300. The molecule has 2 rings (SSSR count). The molecule has 0 aliphatic heterocycles. The maximum atomic E-state index is 5.59. The van der Waals surface area contributed by atoms with Gasteiger partial charge >= 0.3 is 0 Å². The summed E-state index contributed by atoms with van der Waals surface area (Å²) in [5, 5.41) is 9.10. The summed E-state index contributed by atoms with van der Waals surface area (Å²) in [7, 11) is 0. The van der Waals surface area contributed by atoms with Crippen LogP contribution in [-0.2, 0) is 6.61 Å². The number of anilines is 1. The Hall–Kier alpha value is -1.86. The first-order valence-electron chi connectivity index (χ1n) is 5.96. The zero-order valence-electron chi connectivity index (χ0n) is 10.6. The summed E-state index contributed by atoms with van der Waals surface area (Å²) in [4.78, 5) is 0. The van der Waals surface area contributed by atoms with E-state index < -0.39 is 0 Å². The van der Waals surface area contributed by atoms with Gasteiger partial charge in [-0.1, -0.05) is 18.3 Å². The Kier molecular flexibility index (Phi) is 4.93. The minimum atomic E-state index is 0.370. The van der Waals surface area contributed by atoms with E-state index in [0.29, 0.717) is 11.7 Å². The molecule has 102 valence electrons. The third-order valence-electron chi connectivity index (χ3n) is 2.25. The van der Waals surface area contributed by atoms with Crippen LogP contribution in [-0.4, -0.2) is 16.8 Å². The standard InChI is InChI=1S/C12H16N4O2S/c1-2-7-17-9-3-5-10(6-4-9)18-8-11-15-16-12(14-13)19-11/h3-6H,2,7-8,13H2,1H3,(H,14,16). The Morgan fingerprint density at radius 2 is 1.84 bits per heavy atom. The average molecular weight is 280 g/mol. The average Bonchev–Trinajstić information content (AvgIpc) is 2.92. The lowest BCUT2D eigenvalue weighted by Crippen LogP contribution is -2.05. The van der Waals surface area contributed by atoms with Crippen LogP contribution in [0.2, 0.25) is 0 Å². The number of nitrogens with zero attached hydrogens (tertiary/aromatic N) is 2. The molecule has 7 heteroatoms. The summed E-state index contributed by atoms with van der Waals surface area (Å²) < 4.78 is 11.1. The Balaban J connectivity index is 1.85. The molecule has 1 heterocycles. The molecule has 1 aromatic carbocycles. The van der Waals surface area contributed by atoms with Crippen LogP contribution >= 0.6 is 11.3 Å². The molecule has 0 radical (unpaired) electrons. The fraction of sp³-hybridized carbons (Fsp3) is 0.333. The summed E-state index contributed by atoms with van der Waals surface area (Å²) in [5.41, 5.74) is 2.45. The number of nitrogens with two attached hydrogens (primary N) is 1. The number of nitrogen functional groups attached to an aromatic ring is 1. The monoisotopic (exact) mass is 280 g/mol. The van der Waals surface area contributed by atoms with Gasteiger partial charge in [-0.15, -0.1) is 10.2 Å². The van der Waals surface area contributed by atoms with Gasteiger partial charge in [0.05, 0.1) is 6.61 Å². The van der Waals surface area contributed by atoms with Crippen molar-refractivity contribution in [3.05, 3.63) is 29.3 Å². The number of hydrogen-bond donors (Lipinski definition) is 2. The van der Waals surface area contributed by atoms with Crippen LogP contribution in [0.25, 0.3) is 0 Å². The van der Waals surface area contributed by atoms with E-state index in [1.54, 1.807) is 0 Å². The molecule has 0 bridgehead atoms. The smallest absolute Gasteiger partial charge is 0.219 e. The normalized spacial score (nSPS) is 10.2. The highest BCUT2D eigenvalue weighted by molar-refractivity contribution is 7.15. The van der Waals surface area contributed by atoms with Crippen LogP contribution in [0.5, 0.6) is 11.5 Å². The predicted octanol–water partition coefficient (Wildman–Crippen LogP) is 2.19. The summed E-state index contributed by atoms with van der Waals surface area (Å²) in [6.45, 7) is 3.17. The van der Waals surface area contributed by atoms with Crippen molar-refractivity contribution in [3.8, 4) is 11.5 Å². The summed E-state index contributed by atoms with van der Waals surface area (Å²) in [5.74, 6) is 6.84. The lowest BCUT2D eigenvalue weighted by Gasteiger charge is -2.06. The third-order valence-corrected chi connectivity index (χ3v) is 3.08. The maximum Gasteiger partial charge on any atom is 0.219 e. The van der Waals surface area contributed by atoms with E-state index in [4.69, 9.17) is 15.3 Å². The molecule has 0 unspecified atom stereocenters. The Morgan fingerprint density at radius 1 is 1.16 bits per heavy atom. The number of hydrazine groups is 1. The molecule has 0 spiro atoms. The van der Waals surface area contributed by atoms with E-state index in [0.717, 1.165) is 29.5 Å². The van der Waals surface area contributed by atoms with Crippen LogP contribution in [0.15, 0.2) is 24.3 Å². The van der Waals surface area contributed by atoms with Crippen molar-refractivity contribution in [2.75, 3.05) is 12.0 Å². The van der Waals surface area contributed by atoms with Crippen molar-refractivity contribution < 1.29 is 9.47 Å². The molecule has 0 aliphatic rings. The molecule has 2 aromatic rings. The fourth-order valence-corrected chi connectivity index (χ4v) is 1.93. The first-order valence-corrected chi connectivity index (χ1v) is 6.78. The van der Waals surface area contributed by atoms with Crippen molar-refractivity contribution in [2.45, 2.75) is 20.0 Å². The number of nitrogens with one attached hydrogen (secondary N) is 1. The van der Waals surface area contributed by atoms with Crippen LogP contribution < -0.4 is 20.7 Å². The number of rotatable bonds is 7. The van der Waals surface area contributed by atoms with Gasteiger partial charge < -0.3 is 9.47 Å². The van der Waals surface area contributed by atoms with E-state index in [2.05, 4.69) is 22.5 Å². The number of aromatic nitrogens is 2. The van der Waals surface area contributed by atoms with Gasteiger partial charge in [0, 0.05) is 0 Å². The van der Waals surface area contributed by atoms with E-state index in [1.165, 1.54) is 11.3 Å². The van der Waals surface area contributed by atoms with Crippen LogP contribution in [0, 0.1) is 0 Å². The number of benzene rings is 1. The van der Waals surface area contributed by atoms with Gasteiger partial charge in [-0.2, -0.15) is 0 Å². The minimum absolute atomic E-state index is 0.370. The third kappa shape index (κ3) is 4.08. The van der Waals surface area contributed by atoms with Crippen molar-refractivity contribution in [3.63, 3.8) is 0 Å². The van der Waals surface area contributed by atoms with E-state index in [9.17, 15) is 0 Å². The molecular formula is C12H16N4O2S. The SMILES string of the molecule is CCCOc1ccc(OCc2nnc(NN)s2)cc1. The highest BCUT2D eigenvalue weighted by Crippen LogP contribution is 2.20. The lowest BCUT2D eigenvalue weighted by atomic mass is 10.3. The number of hydrogen-bond acceptors (Lipinski definition) is 7. The van der Waals surface area contributed by atoms with Gasteiger partial charge in [0.2, 0.25) is 5.13 Å². The molecule has 0 fully saturated rings. The molecule has 0 aliphatic carbocycles. The van der Waals surface area contributed by atoms with Gasteiger partial charge in [0.15, 0.2) is 5.01 Å². The first-order chi connectivity index (χ1) is 9.31. The molecule has 0 saturated carbocycles. The van der Waals surface area contributed by atoms with Gasteiger partial charge in [0.1, 0.15) is 18.1 Å². The molecule has 3 N–H and O–H groups in total. The van der Waals surface area contributed by atoms with E-state index >= 15 is 0 Å². The Labute approximate surface area is 115 Å². The van der Waals surface area contributed by atoms with Gasteiger partial charge in [-0.3, -0.25) is 5.43 Å². The second-order valence-corrected chi connectivity index (χ2v) is 4.82. The van der Waals surface area contributed by atoms with Gasteiger partial charge in [0.25, 0.3) is 0 Å². The molecule has 6 nitrogen and oxygen atoms in total. The Morgan fingerprint density at radius 3 is 2.42 bits per heavy atom. The van der Waals surface area contributed by atoms with Crippen LogP contribution in [0.1, 0.15) is 18.4 Å². The second kappa shape index (κ2) is 6.91. The maximum absolute atomic E-state index is 5.59. The fourth-order valence-electron chi connectivity index (χ4n) is 1.37. The summed E-state index contributed by atoms with van der Waals surface area (Å²) in [6.07, 6.45) is 0.993. The quantitative estimate of drug-likeness (QED) is 0.597. The minimum Gasteiger partial charge on any atom is -0.494 e. The summed E-state index contributed by atoms with van der Waals surface area (Å²) in [6, 6.07) is 7.51. The largest absolute Gasteiger partial charge is 0.494 e. The van der Waals surface area contributed by atoms with Crippen molar-refractivity contribution in [1.82, 2.24) is 10.2 Å².